The summed E-state index contributed by atoms with van der Waals surface area (Å²) in [5.74, 6) is 0.0833. The van der Waals surface area contributed by atoms with Gasteiger partial charge in [0.15, 0.2) is 12.4 Å². The van der Waals surface area contributed by atoms with Crippen molar-refractivity contribution in [2.75, 3.05) is 25.1 Å². The number of phenolic OH excluding ortho intramolecular Hbond substituents is 1. The summed E-state index contributed by atoms with van der Waals surface area (Å²) in [4.78, 5) is 22.4. The number of carbonyl (C=O) groups is 2. The number of phenols is 1. The highest BCUT2D eigenvalue weighted by Gasteiger charge is 2.22. The topological polar surface area (TPSA) is 96.9 Å². The predicted octanol–water partition coefficient (Wildman–Crippen LogP) is 1.01. The first-order chi connectivity index (χ1) is 9.61. The van der Waals surface area contributed by atoms with Crippen LogP contribution in [0.3, 0.4) is 0 Å². The second-order valence-corrected chi connectivity index (χ2v) is 4.18. The van der Waals surface area contributed by atoms with Gasteiger partial charge in [0.1, 0.15) is 11.4 Å². The third kappa shape index (κ3) is 3.11. The number of anilines is 1. The number of ether oxygens (including phenoxy) is 2. The molecule has 0 fully saturated rings. The van der Waals surface area contributed by atoms with Crippen LogP contribution in [-0.2, 0) is 16.0 Å². The van der Waals surface area contributed by atoms with Gasteiger partial charge in [0, 0.05) is 6.54 Å². The molecule has 1 aromatic rings. The first-order valence-corrected chi connectivity index (χ1v) is 6.30. The summed E-state index contributed by atoms with van der Waals surface area (Å²) in [5.41, 5.74) is 1.06. The maximum Gasteiger partial charge on any atom is 0.407 e. The van der Waals surface area contributed by atoms with Crippen LogP contribution in [0, 0.1) is 0 Å². The van der Waals surface area contributed by atoms with E-state index < -0.39 is 6.09 Å². The molecule has 7 nitrogen and oxygen atoms in total. The highest BCUT2D eigenvalue weighted by atomic mass is 16.5. The van der Waals surface area contributed by atoms with Crippen LogP contribution in [0.25, 0.3) is 0 Å². The highest BCUT2D eigenvalue weighted by molar-refractivity contribution is 5.97. The van der Waals surface area contributed by atoms with Gasteiger partial charge in [0.05, 0.1) is 6.61 Å². The zero-order valence-electron chi connectivity index (χ0n) is 11.1. The standard InChI is InChI=1S/C13H16N2O5/c1-2-19-13(18)14-6-5-8-3-4-9(16)11-12(8)20-7-10(17)15-11/h3-4,16H,2,5-7H2,1H3,(H,14,18)(H,15,17). The minimum atomic E-state index is -0.477. The number of hydrogen-bond acceptors (Lipinski definition) is 5. The van der Waals surface area contributed by atoms with E-state index in [-0.39, 0.29) is 24.0 Å². The van der Waals surface area contributed by atoms with Crippen molar-refractivity contribution in [1.82, 2.24) is 5.32 Å². The van der Waals surface area contributed by atoms with Gasteiger partial charge in [-0.2, -0.15) is 0 Å². The van der Waals surface area contributed by atoms with Crippen LogP contribution < -0.4 is 15.4 Å². The van der Waals surface area contributed by atoms with Gasteiger partial charge in [-0.05, 0) is 25.0 Å². The Morgan fingerprint density at radius 3 is 3.10 bits per heavy atom. The molecule has 0 radical (unpaired) electrons. The van der Waals surface area contributed by atoms with Gasteiger partial charge in [-0.3, -0.25) is 4.79 Å². The van der Waals surface area contributed by atoms with Crippen molar-refractivity contribution in [3.8, 4) is 11.5 Å². The van der Waals surface area contributed by atoms with Crippen LogP contribution in [-0.4, -0.2) is 36.9 Å². The van der Waals surface area contributed by atoms with E-state index in [0.717, 1.165) is 5.56 Å². The van der Waals surface area contributed by atoms with E-state index in [1.807, 2.05) is 0 Å². The summed E-state index contributed by atoms with van der Waals surface area (Å²) in [5, 5.41) is 14.9. The molecule has 0 aliphatic carbocycles. The van der Waals surface area contributed by atoms with Crippen LogP contribution in [0.4, 0.5) is 10.5 Å². The number of benzene rings is 1. The van der Waals surface area contributed by atoms with Gasteiger partial charge < -0.3 is 25.2 Å². The fourth-order valence-corrected chi connectivity index (χ4v) is 1.89. The maximum absolute atomic E-state index is 11.2. The van der Waals surface area contributed by atoms with E-state index in [2.05, 4.69) is 10.6 Å². The minimum Gasteiger partial charge on any atom is -0.506 e. The minimum absolute atomic E-state index is 0.0462. The van der Waals surface area contributed by atoms with Crippen molar-refractivity contribution in [2.45, 2.75) is 13.3 Å². The van der Waals surface area contributed by atoms with Crippen molar-refractivity contribution < 1.29 is 24.2 Å². The third-order valence-corrected chi connectivity index (χ3v) is 2.77. The highest BCUT2D eigenvalue weighted by Crippen LogP contribution is 2.39. The molecule has 0 unspecified atom stereocenters. The van der Waals surface area contributed by atoms with Crippen molar-refractivity contribution >= 4 is 17.7 Å². The molecule has 3 N–H and O–H groups in total. The van der Waals surface area contributed by atoms with E-state index in [9.17, 15) is 14.7 Å². The molecule has 1 aliphatic heterocycles. The summed E-state index contributed by atoms with van der Waals surface area (Å²) in [6.07, 6.45) is 0.0199. The van der Waals surface area contributed by atoms with E-state index in [1.54, 1.807) is 13.0 Å². The first-order valence-electron chi connectivity index (χ1n) is 6.30. The molecule has 0 saturated heterocycles. The number of alkyl carbamates (subject to hydrolysis) is 1. The Balaban J connectivity index is 2.04. The molecule has 0 aromatic heterocycles. The van der Waals surface area contributed by atoms with Crippen molar-refractivity contribution in [1.29, 1.82) is 0 Å². The van der Waals surface area contributed by atoms with Crippen molar-refractivity contribution in [2.24, 2.45) is 0 Å². The molecule has 2 rings (SSSR count). The molecule has 0 spiro atoms. The number of fused-ring (bicyclic) bond motifs is 1. The van der Waals surface area contributed by atoms with Crippen LogP contribution >= 0.6 is 0 Å². The normalized spacial score (nSPS) is 12.9. The SMILES string of the molecule is CCOC(=O)NCCc1ccc(O)c2c1OCC(=O)N2. The summed E-state index contributed by atoms with van der Waals surface area (Å²) in [7, 11) is 0. The number of hydrogen-bond donors (Lipinski definition) is 3. The molecule has 7 heteroatoms. The number of aromatic hydroxyl groups is 1. The van der Waals surface area contributed by atoms with Gasteiger partial charge in [-0.25, -0.2) is 4.79 Å². The van der Waals surface area contributed by atoms with Gasteiger partial charge in [-0.15, -0.1) is 0 Å². The van der Waals surface area contributed by atoms with Crippen molar-refractivity contribution in [3.05, 3.63) is 17.7 Å². The summed E-state index contributed by atoms with van der Waals surface area (Å²) in [6, 6.07) is 3.17. The zero-order chi connectivity index (χ0) is 14.5. The molecule has 1 heterocycles. The second-order valence-electron chi connectivity index (χ2n) is 4.18. The Morgan fingerprint density at radius 1 is 1.55 bits per heavy atom. The Labute approximate surface area is 115 Å². The van der Waals surface area contributed by atoms with Gasteiger partial charge in [0.25, 0.3) is 5.91 Å². The largest absolute Gasteiger partial charge is 0.506 e. The first kappa shape index (κ1) is 14.0. The summed E-state index contributed by atoms with van der Waals surface area (Å²) >= 11 is 0. The lowest BCUT2D eigenvalue weighted by atomic mass is 10.1. The Kier molecular flexibility index (Phi) is 4.29. The maximum atomic E-state index is 11.2. The molecule has 1 aromatic carbocycles. The molecule has 0 atom stereocenters. The number of nitrogens with one attached hydrogen (secondary N) is 2. The number of amides is 2. The number of carbonyl (C=O) groups excluding carboxylic acids is 2. The van der Waals surface area contributed by atoms with E-state index >= 15 is 0 Å². The monoisotopic (exact) mass is 280 g/mol. The smallest absolute Gasteiger partial charge is 0.407 e. The van der Waals surface area contributed by atoms with Gasteiger partial charge >= 0.3 is 6.09 Å². The molecule has 1 aliphatic rings. The Morgan fingerprint density at radius 2 is 2.35 bits per heavy atom. The van der Waals surface area contributed by atoms with E-state index in [1.165, 1.54) is 6.07 Å². The molecule has 0 saturated carbocycles. The summed E-state index contributed by atoms with van der Waals surface area (Å²) in [6.45, 7) is 2.32. The number of rotatable bonds is 4. The van der Waals surface area contributed by atoms with Crippen LogP contribution in [0.1, 0.15) is 12.5 Å². The quantitative estimate of drug-likeness (QED) is 0.715. The second kappa shape index (κ2) is 6.14. The average Bonchev–Trinajstić information content (AvgIpc) is 2.42. The summed E-state index contributed by atoms with van der Waals surface area (Å²) < 4.78 is 10.1. The Hall–Kier alpha value is -2.44. The van der Waals surface area contributed by atoms with Crippen LogP contribution in [0.2, 0.25) is 0 Å². The van der Waals surface area contributed by atoms with E-state index in [4.69, 9.17) is 9.47 Å². The Bertz CT molecular complexity index is 530. The molecule has 108 valence electrons. The lowest BCUT2D eigenvalue weighted by Crippen LogP contribution is -2.28. The average molecular weight is 280 g/mol. The molecular formula is C13H16N2O5. The zero-order valence-corrected chi connectivity index (χ0v) is 11.1. The van der Waals surface area contributed by atoms with Crippen LogP contribution in [0.15, 0.2) is 12.1 Å². The lowest BCUT2D eigenvalue weighted by Gasteiger charge is -2.21. The van der Waals surface area contributed by atoms with Crippen molar-refractivity contribution in [3.63, 3.8) is 0 Å². The molecule has 0 bridgehead atoms. The molecular weight excluding hydrogens is 264 g/mol. The van der Waals surface area contributed by atoms with E-state index in [0.29, 0.717) is 25.3 Å². The van der Waals surface area contributed by atoms with Gasteiger partial charge in [0.2, 0.25) is 0 Å². The fourth-order valence-electron chi connectivity index (χ4n) is 1.89. The fraction of sp³-hybridized carbons (Fsp3) is 0.385. The van der Waals surface area contributed by atoms with Crippen LogP contribution in [0.5, 0.6) is 11.5 Å². The predicted molar refractivity (Wildman–Crippen MR) is 71.0 cm³/mol. The molecule has 20 heavy (non-hydrogen) atoms. The lowest BCUT2D eigenvalue weighted by molar-refractivity contribution is -0.118. The third-order valence-electron chi connectivity index (χ3n) is 2.77. The van der Waals surface area contributed by atoms with Gasteiger partial charge in [-0.1, -0.05) is 6.07 Å². The molecule has 2 amide bonds.